The van der Waals surface area contributed by atoms with Gasteiger partial charge in [0.2, 0.25) is 0 Å². The fourth-order valence-corrected chi connectivity index (χ4v) is 7.36. The normalized spacial score (nSPS) is 53.7. The number of rotatable bonds is 0. The molecule has 23 heavy (non-hydrogen) atoms. The Labute approximate surface area is 142 Å². The van der Waals surface area contributed by atoms with Crippen LogP contribution in [-0.2, 0) is 0 Å². The van der Waals surface area contributed by atoms with Gasteiger partial charge in [0.15, 0.2) is 0 Å². The van der Waals surface area contributed by atoms with Crippen molar-refractivity contribution in [2.75, 3.05) is 0 Å². The number of hydrogen-bond acceptors (Lipinski definition) is 1. The van der Waals surface area contributed by atoms with Gasteiger partial charge in [-0.3, -0.25) is 0 Å². The van der Waals surface area contributed by atoms with Gasteiger partial charge in [-0.05, 0) is 106 Å². The zero-order chi connectivity index (χ0) is 16.2. The van der Waals surface area contributed by atoms with Crippen molar-refractivity contribution in [1.82, 2.24) is 0 Å². The summed E-state index contributed by atoms with van der Waals surface area (Å²) in [5.74, 6) is 4.52. The van der Waals surface area contributed by atoms with E-state index in [9.17, 15) is 5.11 Å². The summed E-state index contributed by atoms with van der Waals surface area (Å²) in [7, 11) is 0. The highest BCUT2D eigenvalue weighted by atomic mass is 16.3. The Hall–Kier alpha value is -0.300. The van der Waals surface area contributed by atoms with Crippen molar-refractivity contribution in [3.63, 3.8) is 0 Å². The summed E-state index contributed by atoms with van der Waals surface area (Å²) in [6.07, 6.45) is 14.5. The summed E-state index contributed by atoms with van der Waals surface area (Å²) in [5.41, 5.74) is 1.63. The first kappa shape index (κ1) is 16.2. The third kappa shape index (κ3) is 2.62. The summed E-state index contributed by atoms with van der Waals surface area (Å²) in [5, 5.41) is 10.5. The van der Waals surface area contributed by atoms with E-state index in [0.717, 1.165) is 42.4 Å². The molecule has 4 rings (SSSR count). The Balaban J connectivity index is 1.58. The SMILES string of the molecule is C=C1CCCC[C@H]2[C@@H]3CC[C@@H]4C[C@](C)(O)CCC4[C@H]3CC[C@]12C. The predicted molar refractivity (Wildman–Crippen MR) is 96.1 cm³/mol. The Bertz CT molecular complexity index is 478. The summed E-state index contributed by atoms with van der Waals surface area (Å²) in [6.45, 7) is 9.16. The molecule has 4 fully saturated rings. The molecule has 0 aromatic heterocycles. The van der Waals surface area contributed by atoms with Crippen molar-refractivity contribution in [2.45, 2.75) is 90.1 Å². The van der Waals surface area contributed by atoms with Gasteiger partial charge in [-0.1, -0.05) is 25.5 Å². The molecule has 0 radical (unpaired) electrons. The molecule has 1 nitrogen and oxygen atoms in total. The van der Waals surface area contributed by atoms with Crippen molar-refractivity contribution in [1.29, 1.82) is 0 Å². The lowest BCUT2D eigenvalue weighted by molar-refractivity contribution is -0.0949. The van der Waals surface area contributed by atoms with Gasteiger partial charge in [-0.25, -0.2) is 0 Å². The van der Waals surface area contributed by atoms with Gasteiger partial charge in [0.25, 0.3) is 0 Å². The number of hydrogen-bond donors (Lipinski definition) is 1. The Morgan fingerprint density at radius 2 is 1.70 bits per heavy atom. The Morgan fingerprint density at radius 1 is 0.913 bits per heavy atom. The van der Waals surface area contributed by atoms with Crippen LogP contribution in [0.4, 0.5) is 0 Å². The first-order valence-corrected chi connectivity index (χ1v) is 10.3. The molecule has 130 valence electrons. The third-order valence-electron chi connectivity index (χ3n) is 8.68. The van der Waals surface area contributed by atoms with E-state index < -0.39 is 0 Å². The van der Waals surface area contributed by atoms with Crippen LogP contribution in [0.25, 0.3) is 0 Å². The van der Waals surface area contributed by atoms with Crippen LogP contribution in [0.2, 0.25) is 0 Å². The second kappa shape index (κ2) is 5.61. The monoisotopic (exact) mass is 316 g/mol. The van der Waals surface area contributed by atoms with Crippen LogP contribution in [0.5, 0.6) is 0 Å². The topological polar surface area (TPSA) is 20.2 Å². The zero-order valence-electron chi connectivity index (χ0n) is 15.3. The van der Waals surface area contributed by atoms with E-state index in [1.807, 2.05) is 0 Å². The molecular weight excluding hydrogens is 280 g/mol. The zero-order valence-corrected chi connectivity index (χ0v) is 15.3. The smallest absolute Gasteiger partial charge is 0.0622 e. The molecule has 7 atom stereocenters. The van der Waals surface area contributed by atoms with E-state index in [1.54, 1.807) is 5.57 Å². The lowest BCUT2D eigenvalue weighted by Gasteiger charge is -2.58. The van der Waals surface area contributed by atoms with Gasteiger partial charge in [-0.2, -0.15) is 0 Å². The minimum Gasteiger partial charge on any atom is -0.390 e. The fourth-order valence-electron chi connectivity index (χ4n) is 7.36. The molecule has 4 saturated carbocycles. The molecule has 0 aliphatic heterocycles. The van der Waals surface area contributed by atoms with E-state index in [-0.39, 0.29) is 5.60 Å². The standard InChI is InChI=1S/C22H36O/c1-15-6-4-5-7-20-19-9-8-16-14-21(2,23)12-10-17(16)18(19)11-13-22(15,20)3/h16-20,23H,1,4-14H2,2-3H3/t16-,17?,18-,19-,20+,21-,22-/m1/s1. The van der Waals surface area contributed by atoms with Crippen LogP contribution in [-0.4, -0.2) is 10.7 Å². The average Bonchev–Trinajstić information content (AvgIpc) is 2.65. The predicted octanol–water partition coefficient (Wildman–Crippen LogP) is 5.73. The first-order valence-electron chi connectivity index (χ1n) is 10.3. The van der Waals surface area contributed by atoms with Crippen LogP contribution < -0.4 is 0 Å². The van der Waals surface area contributed by atoms with Crippen molar-refractivity contribution in [2.24, 2.45) is 35.0 Å². The van der Waals surface area contributed by atoms with E-state index in [1.165, 1.54) is 57.8 Å². The highest BCUT2D eigenvalue weighted by Crippen LogP contribution is 2.62. The quantitative estimate of drug-likeness (QED) is 0.566. The molecular formula is C22H36O. The maximum Gasteiger partial charge on any atom is 0.0622 e. The maximum absolute atomic E-state index is 10.5. The van der Waals surface area contributed by atoms with Crippen molar-refractivity contribution < 1.29 is 5.11 Å². The molecule has 0 amide bonds. The number of fused-ring (bicyclic) bond motifs is 5. The molecule has 1 unspecified atom stereocenters. The van der Waals surface area contributed by atoms with Crippen LogP contribution in [0, 0.1) is 35.0 Å². The van der Waals surface area contributed by atoms with Crippen molar-refractivity contribution in [3.8, 4) is 0 Å². The lowest BCUT2D eigenvalue weighted by atomic mass is 9.48. The molecule has 0 aromatic rings. The van der Waals surface area contributed by atoms with Crippen molar-refractivity contribution in [3.05, 3.63) is 12.2 Å². The Kier molecular flexibility index (Phi) is 3.95. The van der Waals surface area contributed by atoms with E-state index in [2.05, 4.69) is 20.4 Å². The van der Waals surface area contributed by atoms with Gasteiger partial charge in [0.05, 0.1) is 5.60 Å². The van der Waals surface area contributed by atoms with Crippen molar-refractivity contribution >= 4 is 0 Å². The molecule has 1 heteroatoms. The molecule has 0 spiro atoms. The van der Waals surface area contributed by atoms with E-state index in [0.29, 0.717) is 5.41 Å². The summed E-state index contributed by atoms with van der Waals surface area (Å²) in [6, 6.07) is 0. The second-order valence-electron chi connectivity index (χ2n) is 9.98. The van der Waals surface area contributed by atoms with Gasteiger partial charge in [0, 0.05) is 0 Å². The highest BCUT2D eigenvalue weighted by Gasteiger charge is 2.53. The van der Waals surface area contributed by atoms with Gasteiger partial charge in [-0.15, -0.1) is 0 Å². The van der Waals surface area contributed by atoms with Gasteiger partial charge >= 0.3 is 0 Å². The molecule has 0 aromatic carbocycles. The fraction of sp³-hybridized carbons (Fsp3) is 0.909. The summed E-state index contributed by atoms with van der Waals surface area (Å²) >= 11 is 0. The first-order chi connectivity index (χ1) is 10.9. The van der Waals surface area contributed by atoms with E-state index >= 15 is 0 Å². The van der Waals surface area contributed by atoms with Gasteiger partial charge in [0.1, 0.15) is 0 Å². The van der Waals surface area contributed by atoms with Gasteiger partial charge < -0.3 is 5.11 Å². The van der Waals surface area contributed by atoms with Crippen LogP contribution in [0.15, 0.2) is 12.2 Å². The van der Waals surface area contributed by atoms with Crippen LogP contribution in [0.3, 0.4) is 0 Å². The van der Waals surface area contributed by atoms with E-state index in [4.69, 9.17) is 0 Å². The second-order valence-corrected chi connectivity index (χ2v) is 9.98. The molecule has 1 N–H and O–H groups in total. The summed E-state index contributed by atoms with van der Waals surface area (Å²) < 4.78 is 0. The highest BCUT2D eigenvalue weighted by molar-refractivity contribution is 5.17. The molecule has 0 heterocycles. The molecule has 4 aliphatic rings. The number of aliphatic hydroxyl groups is 1. The van der Waals surface area contributed by atoms with Crippen LogP contribution in [0.1, 0.15) is 84.5 Å². The summed E-state index contributed by atoms with van der Waals surface area (Å²) in [4.78, 5) is 0. The molecule has 4 aliphatic carbocycles. The largest absolute Gasteiger partial charge is 0.390 e. The van der Waals surface area contributed by atoms with Crippen LogP contribution >= 0.6 is 0 Å². The lowest BCUT2D eigenvalue weighted by Crippen LogP contribution is -2.50. The minimum absolute atomic E-state index is 0.381. The minimum atomic E-state index is -0.381. The molecule has 0 bridgehead atoms. The maximum atomic E-state index is 10.5. The molecule has 0 saturated heterocycles. The number of allylic oxidation sites excluding steroid dienone is 1. The third-order valence-corrected chi connectivity index (χ3v) is 8.68. The average molecular weight is 317 g/mol. The Morgan fingerprint density at radius 3 is 2.52 bits per heavy atom.